The zero-order valence-corrected chi connectivity index (χ0v) is 23.1. The standard InChI is InChI=1S/C31H54O2/c1-21(2)9-8-10-22(3)25-13-14-26-24-12-11-23-19-31(28(4,5)32-17-18-33-31)20-30(23,7)27(24)15-16-29(25,26)6/h21-27H,8-20H2,1-7H3/t22-,23+,24?,25-,26+,27?,29-,30+,31-/m1/s1. The molecule has 2 unspecified atom stereocenters. The molecule has 0 bridgehead atoms. The topological polar surface area (TPSA) is 18.5 Å². The predicted molar refractivity (Wildman–Crippen MR) is 137 cm³/mol. The molecule has 0 amide bonds. The normalized spacial score (nSPS) is 49.6. The molecule has 2 heteroatoms. The second kappa shape index (κ2) is 8.50. The zero-order chi connectivity index (χ0) is 23.6. The minimum Gasteiger partial charge on any atom is -0.370 e. The summed E-state index contributed by atoms with van der Waals surface area (Å²) in [7, 11) is 0. The first kappa shape index (κ1) is 24.6. The molecule has 5 rings (SSSR count). The molecule has 1 saturated heterocycles. The van der Waals surface area contributed by atoms with E-state index >= 15 is 0 Å². The highest BCUT2D eigenvalue weighted by atomic mass is 16.6. The maximum atomic E-state index is 6.66. The van der Waals surface area contributed by atoms with Gasteiger partial charge in [0.05, 0.1) is 24.4 Å². The van der Waals surface area contributed by atoms with Crippen LogP contribution >= 0.6 is 0 Å². The molecule has 0 aromatic carbocycles. The first-order chi connectivity index (χ1) is 15.5. The number of hydrogen-bond donors (Lipinski definition) is 0. The molecule has 0 aromatic heterocycles. The van der Waals surface area contributed by atoms with Gasteiger partial charge in [-0.15, -0.1) is 0 Å². The summed E-state index contributed by atoms with van der Waals surface area (Å²) in [6, 6.07) is 0. The zero-order valence-electron chi connectivity index (χ0n) is 23.1. The molecule has 9 atom stereocenters. The average Bonchev–Trinajstić information content (AvgIpc) is 3.25. The van der Waals surface area contributed by atoms with E-state index in [1.807, 2.05) is 0 Å². The highest BCUT2D eigenvalue weighted by Crippen LogP contribution is 2.71. The van der Waals surface area contributed by atoms with Gasteiger partial charge in [-0.1, -0.05) is 53.9 Å². The summed E-state index contributed by atoms with van der Waals surface area (Å²) in [5.41, 5.74) is 0.850. The summed E-state index contributed by atoms with van der Waals surface area (Å²) in [5, 5.41) is 0. The van der Waals surface area contributed by atoms with E-state index in [2.05, 4.69) is 48.5 Å². The fourth-order valence-corrected chi connectivity index (χ4v) is 10.7. The van der Waals surface area contributed by atoms with E-state index in [1.165, 1.54) is 70.6 Å². The molecule has 0 aromatic rings. The Bertz CT molecular complexity index is 714. The third kappa shape index (κ3) is 3.78. The van der Waals surface area contributed by atoms with Crippen molar-refractivity contribution in [1.29, 1.82) is 0 Å². The van der Waals surface area contributed by atoms with Crippen LogP contribution in [0.3, 0.4) is 0 Å². The Labute approximate surface area is 205 Å². The van der Waals surface area contributed by atoms with Crippen LogP contribution in [0.25, 0.3) is 0 Å². The molecule has 5 aliphatic rings. The van der Waals surface area contributed by atoms with Crippen molar-refractivity contribution in [3.63, 3.8) is 0 Å². The molecule has 4 aliphatic carbocycles. The van der Waals surface area contributed by atoms with Crippen molar-refractivity contribution >= 4 is 0 Å². The van der Waals surface area contributed by atoms with E-state index < -0.39 is 0 Å². The Balaban J connectivity index is 1.33. The first-order valence-corrected chi connectivity index (χ1v) is 14.8. The lowest BCUT2D eigenvalue weighted by atomic mass is 9.47. The molecule has 33 heavy (non-hydrogen) atoms. The Hall–Kier alpha value is -0.0800. The fourth-order valence-electron chi connectivity index (χ4n) is 10.7. The monoisotopic (exact) mass is 458 g/mol. The molecular formula is C31H54O2. The van der Waals surface area contributed by atoms with E-state index in [0.29, 0.717) is 10.8 Å². The SMILES string of the molecule is CC(C)CCC[C@@H](C)[C@H]1CC[C@H]2C3CC[C@H]4C[C@]5(C[C@]4(C)C3CC[C@]12C)OCCOC5(C)C. The van der Waals surface area contributed by atoms with E-state index in [1.54, 1.807) is 0 Å². The van der Waals surface area contributed by atoms with Crippen molar-refractivity contribution < 1.29 is 9.47 Å². The molecular weight excluding hydrogens is 404 g/mol. The van der Waals surface area contributed by atoms with Gasteiger partial charge in [-0.05, 0) is 117 Å². The summed E-state index contributed by atoms with van der Waals surface area (Å²) < 4.78 is 13.0. The van der Waals surface area contributed by atoms with Crippen LogP contribution in [0.2, 0.25) is 0 Å². The second-order valence-corrected chi connectivity index (χ2v) is 14.8. The van der Waals surface area contributed by atoms with E-state index in [9.17, 15) is 0 Å². The Morgan fingerprint density at radius 3 is 2.24 bits per heavy atom. The smallest absolute Gasteiger partial charge is 0.0974 e. The molecule has 190 valence electrons. The molecule has 4 saturated carbocycles. The minimum atomic E-state index is -0.145. The third-order valence-electron chi connectivity index (χ3n) is 12.5. The van der Waals surface area contributed by atoms with Crippen LogP contribution in [0.5, 0.6) is 0 Å². The van der Waals surface area contributed by atoms with Crippen molar-refractivity contribution in [1.82, 2.24) is 0 Å². The van der Waals surface area contributed by atoms with Crippen molar-refractivity contribution in [3.8, 4) is 0 Å². The van der Waals surface area contributed by atoms with Gasteiger partial charge in [-0.2, -0.15) is 0 Å². The van der Waals surface area contributed by atoms with Crippen LogP contribution in [-0.2, 0) is 9.47 Å². The maximum Gasteiger partial charge on any atom is 0.0974 e. The quantitative estimate of drug-likeness (QED) is 0.412. The summed E-state index contributed by atoms with van der Waals surface area (Å²) in [4.78, 5) is 0. The van der Waals surface area contributed by atoms with Crippen molar-refractivity contribution in [3.05, 3.63) is 0 Å². The molecule has 2 nitrogen and oxygen atoms in total. The van der Waals surface area contributed by atoms with Gasteiger partial charge in [-0.3, -0.25) is 0 Å². The van der Waals surface area contributed by atoms with Gasteiger partial charge in [0.25, 0.3) is 0 Å². The van der Waals surface area contributed by atoms with E-state index in [-0.39, 0.29) is 11.2 Å². The number of fused-ring (bicyclic) bond motifs is 5. The second-order valence-electron chi connectivity index (χ2n) is 14.8. The highest BCUT2D eigenvalue weighted by molar-refractivity contribution is 5.17. The van der Waals surface area contributed by atoms with Crippen LogP contribution in [-0.4, -0.2) is 24.4 Å². The summed E-state index contributed by atoms with van der Waals surface area (Å²) in [6.45, 7) is 19.0. The van der Waals surface area contributed by atoms with Gasteiger partial charge in [0.2, 0.25) is 0 Å². The molecule has 1 aliphatic heterocycles. The van der Waals surface area contributed by atoms with Gasteiger partial charge >= 0.3 is 0 Å². The van der Waals surface area contributed by atoms with Crippen LogP contribution in [0, 0.1) is 52.3 Å². The van der Waals surface area contributed by atoms with Gasteiger partial charge in [0, 0.05) is 0 Å². The summed E-state index contributed by atoms with van der Waals surface area (Å²) >= 11 is 0. The van der Waals surface area contributed by atoms with Crippen molar-refractivity contribution in [2.75, 3.05) is 13.2 Å². The largest absolute Gasteiger partial charge is 0.370 e. The molecule has 1 spiro atoms. The fraction of sp³-hybridized carbons (Fsp3) is 1.00. The van der Waals surface area contributed by atoms with Gasteiger partial charge in [-0.25, -0.2) is 0 Å². The Kier molecular flexibility index (Phi) is 6.34. The summed E-state index contributed by atoms with van der Waals surface area (Å²) in [5.74, 6) is 6.39. The maximum absolute atomic E-state index is 6.66. The lowest BCUT2D eigenvalue weighted by Crippen LogP contribution is -2.57. The first-order valence-electron chi connectivity index (χ1n) is 14.8. The van der Waals surface area contributed by atoms with Crippen LogP contribution in [0.15, 0.2) is 0 Å². The van der Waals surface area contributed by atoms with E-state index in [4.69, 9.17) is 9.47 Å². The highest BCUT2D eigenvalue weighted by Gasteiger charge is 2.67. The van der Waals surface area contributed by atoms with Crippen LogP contribution < -0.4 is 0 Å². The van der Waals surface area contributed by atoms with Crippen molar-refractivity contribution in [2.45, 2.75) is 130 Å². The molecule has 0 N–H and O–H groups in total. The van der Waals surface area contributed by atoms with Gasteiger partial charge in [0.1, 0.15) is 0 Å². The average molecular weight is 459 g/mol. The number of ether oxygens (including phenoxy) is 2. The van der Waals surface area contributed by atoms with Crippen molar-refractivity contribution in [2.24, 2.45) is 52.3 Å². The summed E-state index contributed by atoms with van der Waals surface area (Å²) in [6.07, 6.45) is 15.6. The third-order valence-corrected chi connectivity index (χ3v) is 12.5. The number of rotatable bonds is 5. The van der Waals surface area contributed by atoms with E-state index in [0.717, 1.165) is 54.6 Å². The lowest BCUT2D eigenvalue weighted by molar-refractivity contribution is -0.247. The van der Waals surface area contributed by atoms with Crippen LogP contribution in [0.1, 0.15) is 119 Å². The molecule has 5 fully saturated rings. The lowest BCUT2D eigenvalue weighted by Gasteiger charge is -2.58. The predicted octanol–water partition coefficient (Wildman–Crippen LogP) is 8.28. The molecule has 0 radical (unpaired) electrons. The van der Waals surface area contributed by atoms with Gasteiger partial charge < -0.3 is 9.47 Å². The number of hydrogen-bond acceptors (Lipinski definition) is 2. The Morgan fingerprint density at radius 2 is 1.52 bits per heavy atom. The Morgan fingerprint density at radius 1 is 0.788 bits per heavy atom. The van der Waals surface area contributed by atoms with Gasteiger partial charge in [0.15, 0.2) is 0 Å². The molecule has 1 heterocycles. The van der Waals surface area contributed by atoms with Crippen LogP contribution in [0.4, 0.5) is 0 Å². The minimum absolute atomic E-state index is 0.0521.